The number of esters is 1. The van der Waals surface area contributed by atoms with Crippen LogP contribution in [-0.4, -0.2) is 41.6 Å². The zero-order chi connectivity index (χ0) is 22.3. The molecule has 1 saturated heterocycles. The Kier molecular flexibility index (Phi) is 8.44. The average Bonchev–Trinajstić information content (AvgIpc) is 3.06. The van der Waals surface area contributed by atoms with Crippen molar-refractivity contribution in [2.45, 2.75) is 78.9 Å². The zero-order valence-electron chi connectivity index (χ0n) is 18.8. The summed E-state index contributed by atoms with van der Waals surface area (Å²) in [6.45, 7) is 9.38. The quantitative estimate of drug-likeness (QED) is 0.428. The lowest BCUT2D eigenvalue weighted by molar-refractivity contribution is -0.164. The number of cyclic esters (lactones) is 1. The first-order chi connectivity index (χ1) is 14.1. The van der Waals surface area contributed by atoms with Crippen LogP contribution in [0.25, 0.3) is 0 Å². The highest BCUT2D eigenvalue weighted by atomic mass is 16.6. The van der Waals surface area contributed by atoms with Gasteiger partial charge in [-0.05, 0) is 45.6 Å². The molecule has 30 heavy (non-hydrogen) atoms. The second-order valence-corrected chi connectivity index (χ2v) is 9.11. The van der Waals surface area contributed by atoms with Crippen LogP contribution in [0.3, 0.4) is 0 Å². The lowest BCUT2D eigenvalue weighted by Gasteiger charge is -2.30. The van der Waals surface area contributed by atoms with Crippen molar-refractivity contribution < 1.29 is 23.9 Å². The first kappa shape index (κ1) is 23.9. The van der Waals surface area contributed by atoms with Crippen LogP contribution in [0.5, 0.6) is 0 Å². The molecule has 1 heterocycles. The highest BCUT2D eigenvalue weighted by molar-refractivity contribution is 5.95. The average molecular weight is 418 g/mol. The number of rotatable bonds is 9. The van der Waals surface area contributed by atoms with Gasteiger partial charge in [0.2, 0.25) is 5.91 Å². The van der Waals surface area contributed by atoms with Gasteiger partial charge in [0.1, 0.15) is 12.7 Å². The molecule has 0 aliphatic carbocycles. The van der Waals surface area contributed by atoms with Crippen molar-refractivity contribution in [3.8, 4) is 0 Å². The molecule has 0 spiro atoms. The van der Waals surface area contributed by atoms with E-state index in [2.05, 4.69) is 6.92 Å². The van der Waals surface area contributed by atoms with E-state index in [9.17, 15) is 14.4 Å². The molecular weight excluding hydrogens is 382 g/mol. The molecule has 1 aliphatic rings. The molecule has 0 radical (unpaired) electrons. The number of carbonyl (C=O) groups is 3. The van der Waals surface area contributed by atoms with Crippen LogP contribution < -0.4 is 0 Å². The number of imide groups is 1. The molecule has 0 bridgehead atoms. The van der Waals surface area contributed by atoms with Crippen LogP contribution in [0.1, 0.15) is 65.9 Å². The van der Waals surface area contributed by atoms with Crippen molar-refractivity contribution in [3.63, 3.8) is 0 Å². The topological polar surface area (TPSA) is 72.9 Å². The number of hydrogen-bond donors (Lipinski definition) is 0. The van der Waals surface area contributed by atoms with Gasteiger partial charge >= 0.3 is 12.1 Å². The minimum atomic E-state index is -0.659. The molecule has 6 heteroatoms. The van der Waals surface area contributed by atoms with Gasteiger partial charge in [-0.3, -0.25) is 9.59 Å². The molecule has 0 N–H and O–H groups in total. The predicted octanol–water partition coefficient (Wildman–Crippen LogP) is 4.75. The van der Waals surface area contributed by atoms with Crippen LogP contribution >= 0.6 is 0 Å². The van der Waals surface area contributed by atoms with Crippen molar-refractivity contribution in [1.29, 1.82) is 0 Å². The van der Waals surface area contributed by atoms with Crippen LogP contribution in [0.2, 0.25) is 0 Å². The predicted molar refractivity (Wildman–Crippen MR) is 115 cm³/mol. The third kappa shape index (κ3) is 6.31. The summed E-state index contributed by atoms with van der Waals surface area (Å²) in [7, 11) is 0. The van der Waals surface area contributed by atoms with Crippen molar-refractivity contribution in [3.05, 3.63) is 35.9 Å². The maximum absolute atomic E-state index is 13.3. The maximum atomic E-state index is 13.3. The molecule has 1 aliphatic heterocycles. The van der Waals surface area contributed by atoms with E-state index in [1.807, 2.05) is 30.3 Å². The van der Waals surface area contributed by atoms with Crippen molar-refractivity contribution in [1.82, 2.24) is 4.90 Å². The van der Waals surface area contributed by atoms with Gasteiger partial charge in [0.05, 0.1) is 17.4 Å². The van der Waals surface area contributed by atoms with E-state index >= 15 is 0 Å². The molecule has 1 aromatic rings. The highest BCUT2D eigenvalue weighted by Gasteiger charge is 2.42. The molecule has 0 unspecified atom stereocenters. The molecule has 2 rings (SSSR count). The summed E-state index contributed by atoms with van der Waals surface area (Å²) >= 11 is 0. The highest BCUT2D eigenvalue weighted by Crippen LogP contribution is 2.26. The SMILES string of the molecule is CCCCC[C@@H](OC(=O)C(C)(C)C)[C@H](C)C(=O)N1C(=O)OC[C@@H]1Cc1ccccc1. The number of benzene rings is 1. The first-order valence-corrected chi connectivity index (χ1v) is 10.9. The molecule has 1 fully saturated rings. The molecule has 0 saturated carbocycles. The Morgan fingerprint density at radius 2 is 1.87 bits per heavy atom. The van der Waals surface area contributed by atoms with Gasteiger partial charge in [-0.2, -0.15) is 0 Å². The molecule has 2 amide bonds. The van der Waals surface area contributed by atoms with Gasteiger partial charge in [0.25, 0.3) is 0 Å². The summed E-state index contributed by atoms with van der Waals surface area (Å²) in [6.07, 6.45) is 2.81. The molecule has 6 nitrogen and oxygen atoms in total. The Morgan fingerprint density at radius 3 is 2.47 bits per heavy atom. The minimum absolute atomic E-state index is 0.175. The van der Waals surface area contributed by atoms with Crippen LogP contribution in [0.4, 0.5) is 4.79 Å². The fraction of sp³-hybridized carbons (Fsp3) is 0.625. The zero-order valence-corrected chi connectivity index (χ0v) is 18.8. The van der Waals surface area contributed by atoms with Gasteiger partial charge in [-0.1, -0.05) is 57.0 Å². The Morgan fingerprint density at radius 1 is 1.20 bits per heavy atom. The summed E-state index contributed by atoms with van der Waals surface area (Å²) in [5.41, 5.74) is 0.374. The summed E-state index contributed by atoms with van der Waals surface area (Å²) in [5, 5.41) is 0. The first-order valence-electron chi connectivity index (χ1n) is 10.9. The van der Waals surface area contributed by atoms with E-state index < -0.39 is 23.5 Å². The van der Waals surface area contributed by atoms with Gasteiger partial charge in [0.15, 0.2) is 0 Å². The Bertz CT molecular complexity index is 725. The number of ether oxygens (including phenoxy) is 2. The largest absolute Gasteiger partial charge is 0.461 e. The second-order valence-electron chi connectivity index (χ2n) is 9.11. The van der Waals surface area contributed by atoms with Crippen LogP contribution in [0.15, 0.2) is 30.3 Å². The number of hydrogen-bond acceptors (Lipinski definition) is 5. The molecule has 3 atom stereocenters. The maximum Gasteiger partial charge on any atom is 0.416 e. The fourth-order valence-electron chi connectivity index (χ4n) is 3.47. The minimum Gasteiger partial charge on any atom is -0.461 e. The van der Waals surface area contributed by atoms with Crippen molar-refractivity contribution in [2.24, 2.45) is 11.3 Å². The van der Waals surface area contributed by atoms with Crippen molar-refractivity contribution in [2.75, 3.05) is 6.61 Å². The van der Waals surface area contributed by atoms with E-state index in [4.69, 9.17) is 9.47 Å². The molecule has 166 valence electrons. The third-order valence-electron chi connectivity index (χ3n) is 5.42. The van der Waals surface area contributed by atoms with E-state index in [1.54, 1.807) is 27.7 Å². The summed E-state index contributed by atoms with van der Waals surface area (Å²) in [5.74, 6) is -1.31. The van der Waals surface area contributed by atoms with E-state index in [-0.39, 0.29) is 24.5 Å². The van der Waals surface area contributed by atoms with E-state index in [0.717, 1.165) is 24.8 Å². The fourth-order valence-corrected chi connectivity index (χ4v) is 3.47. The second kappa shape index (κ2) is 10.6. The van der Waals surface area contributed by atoms with Gasteiger partial charge < -0.3 is 9.47 Å². The lowest BCUT2D eigenvalue weighted by Crippen LogP contribution is -2.47. The van der Waals surface area contributed by atoms with E-state index in [1.165, 1.54) is 4.90 Å². The van der Waals surface area contributed by atoms with Crippen LogP contribution in [-0.2, 0) is 25.5 Å². The van der Waals surface area contributed by atoms with E-state index in [0.29, 0.717) is 12.8 Å². The number of unbranched alkanes of at least 4 members (excludes halogenated alkanes) is 2. The van der Waals surface area contributed by atoms with Gasteiger partial charge in [-0.15, -0.1) is 0 Å². The third-order valence-corrected chi connectivity index (χ3v) is 5.42. The Balaban J connectivity index is 2.15. The molecular formula is C24H35NO5. The van der Waals surface area contributed by atoms with Gasteiger partial charge in [0, 0.05) is 0 Å². The summed E-state index contributed by atoms with van der Waals surface area (Å²) in [6, 6.07) is 9.36. The summed E-state index contributed by atoms with van der Waals surface area (Å²) < 4.78 is 10.9. The summed E-state index contributed by atoms with van der Waals surface area (Å²) in [4.78, 5) is 39.4. The number of amides is 2. The Labute approximate surface area is 179 Å². The molecule has 0 aromatic heterocycles. The van der Waals surface area contributed by atoms with Crippen molar-refractivity contribution >= 4 is 18.0 Å². The molecule has 1 aromatic carbocycles. The normalized spacial score (nSPS) is 18.6. The smallest absolute Gasteiger partial charge is 0.416 e. The number of nitrogens with zero attached hydrogens (tertiary/aromatic N) is 1. The standard InChI is InChI=1S/C24H35NO5/c1-6-7-9-14-20(30-22(27)24(3,4)5)17(2)21(26)25-19(16-29-23(25)28)15-18-12-10-8-11-13-18/h8,10-13,17,19-20H,6-7,9,14-16H2,1-5H3/t17-,19-,20+/m0/s1. The van der Waals surface area contributed by atoms with Gasteiger partial charge in [-0.25, -0.2) is 9.69 Å². The monoisotopic (exact) mass is 417 g/mol. The Hall–Kier alpha value is -2.37. The number of carbonyl (C=O) groups excluding carboxylic acids is 3. The van der Waals surface area contributed by atoms with Crippen LogP contribution in [0, 0.1) is 11.3 Å². The lowest BCUT2D eigenvalue weighted by atomic mass is 9.94.